The molecular weight excluding hydrogens is 320 g/mol. The highest BCUT2D eigenvalue weighted by molar-refractivity contribution is 6.01. The topological polar surface area (TPSA) is 124 Å². The Morgan fingerprint density at radius 3 is 2.64 bits per heavy atom. The maximum atomic E-state index is 13.0. The third kappa shape index (κ3) is 2.83. The summed E-state index contributed by atoms with van der Waals surface area (Å²) in [6, 6.07) is 9.64. The Bertz CT molecular complexity index is 1030. The first-order valence-electron chi connectivity index (χ1n) is 7.46. The molecule has 0 saturated carbocycles. The highest BCUT2D eigenvalue weighted by atomic mass is 16.3. The van der Waals surface area contributed by atoms with Crippen LogP contribution in [-0.2, 0) is 0 Å². The summed E-state index contributed by atoms with van der Waals surface area (Å²) in [5, 5.41) is 9.79. The number of anilines is 1. The van der Waals surface area contributed by atoms with Crippen LogP contribution in [0.15, 0.2) is 53.6 Å². The van der Waals surface area contributed by atoms with Crippen LogP contribution in [0.4, 0.5) is 5.69 Å². The molecule has 7 heteroatoms. The molecule has 2 aromatic heterocycles. The first-order chi connectivity index (χ1) is 11.9. The minimum Gasteiger partial charge on any atom is -0.508 e. The number of nitrogens with zero attached hydrogens (tertiary/aromatic N) is 2. The highest BCUT2D eigenvalue weighted by Crippen LogP contribution is 2.30. The predicted molar refractivity (Wildman–Crippen MR) is 94.6 cm³/mol. The van der Waals surface area contributed by atoms with Crippen LogP contribution in [-0.4, -0.2) is 20.6 Å². The van der Waals surface area contributed by atoms with Gasteiger partial charge in [-0.2, -0.15) is 0 Å². The number of nitrogens with two attached hydrogens (primary N) is 2. The number of benzene rings is 1. The third-order valence-electron chi connectivity index (χ3n) is 3.90. The van der Waals surface area contributed by atoms with Crippen molar-refractivity contribution in [3.8, 4) is 22.7 Å². The Labute approximate surface area is 143 Å². The Morgan fingerprint density at radius 2 is 2.00 bits per heavy atom. The van der Waals surface area contributed by atoms with Gasteiger partial charge in [0.15, 0.2) is 0 Å². The van der Waals surface area contributed by atoms with E-state index in [9.17, 15) is 14.7 Å². The van der Waals surface area contributed by atoms with Crippen LogP contribution < -0.4 is 17.0 Å². The molecule has 5 N–H and O–H groups in total. The number of aryl methyl sites for hydroxylation is 1. The number of phenolic OH excluding ortho intramolecular Hbond substituents is 1. The van der Waals surface area contributed by atoms with Gasteiger partial charge in [0, 0.05) is 12.4 Å². The van der Waals surface area contributed by atoms with E-state index in [1.165, 1.54) is 29.1 Å². The molecule has 0 fully saturated rings. The van der Waals surface area contributed by atoms with E-state index in [1.54, 1.807) is 31.2 Å². The van der Waals surface area contributed by atoms with Gasteiger partial charge in [-0.3, -0.25) is 14.2 Å². The summed E-state index contributed by atoms with van der Waals surface area (Å²) in [5.74, 6) is -0.455. The lowest BCUT2D eigenvalue weighted by molar-refractivity contribution is 0.100. The molecule has 0 spiro atoms. The van der Waals surface area contributed by atoms with E-state index >= 15 is 0 Å². The molecule has 3 aromatic rings. The van der Waals surface area contributed by atoms with Gasteiger partial charge < -0.3 is 16.6 Å². The second-order valence-electron chi connectivity index (χ2n) is 5.56. The molecule has 0 saturated heterocycles. The third-order valence-corrected chi connectivity index (χ3v) is 3.90. The predicted octanol–water partition coefficient (Wildman–Crippen LogP) is 1.59. The van der Waals surface area contributed by atoms with Gasteiger partial charge in [0.2, 0.25) is 0 Å². The van der Waals surface area contributed by atoms with Gasteiger partial charge in [0.1, 0.15) is 11.6 Å². The van der Waals surface area contributed by atoms with Crippen LogP contribution in [0.3, 0.4) is 0 Å². The number of aromatic hydroxyl groups is 1. The molecule has 0 atom stereocenters. The minimum absolute atomic E-state index is 0.00277. The van der Waals surface area contributed by atoms with Gasteiger partial charge in [-0.05, 0) is 42.3 Å². The van der Waals surface area contributed by atoms with Gasteiger partial charge in [0.05, 0.1) is 16.8 Å². The van der Waals surface area contributed by atoms with E-state index in [0.29, 0.717) is 11.4 Å². The quantitative estimate of drug-likeness (QED) is 0.670. The van der Waals surface area contributed by atoms with Crippen molar-refractivity contribution < 1.29 is 9.90 Å². The highest BCUT2D eigenvalue weighted by Gasteiger charge is 2.20. The Hall–Kier alpha value is -3.61. The minimum atomic E-state index is -0.763. The summed E-state index contributed by atoms with van der Waals surface area (Å²) in [6.45, 7) is 1.77. The monoisotopic (exact) mass is 336 g/mol. The second-order valence-corrected chi connectivity index (χ2v) is 5.56. The number of pyridine rings is 2. The van der Waals surface area contributed by atoms with Crippen LogP contribution in [0.5, 0.6) is 5.75 Å². The second kappa shape index (κ2) is 6.12. The van der Waals surface area contributed by atoms with Crippen LogP contribution >= 0.6 is 0 Å². The molecule has 0 bridgehead atoms. The fourth-order valence-corrected chi connectivity index (χ4v) is 2.63. The van der Waals surface area contributed by atoms with Crippen molar-refractivity contribution in [2.75, 3.05) is 5.73 Å². The van der Waals surface area contributed by atoms with Gasteiger partial charge in [-0.1, -0.05) is 12.1 Å². The molecule has 1 amide bonds. The average Bonchev–Trinajstić information content (AvgIpc) is 2.58. The lowest BCUT2D eigenvalue weighted by atomic mass is 9.98. The normalized spacial score (nSPS) is 10.6. The molecule has 7 nitrogen and oxygen atoms in total. The van der Waals surface area contributed by atoms with E-state index in [2.05, 4.69) is 4.98 Å². The van der Waals surface area contributed by atoms with Crippen molar-refractivity contribution in [3.63, 3.8) is 0 Å². The zero-order valence-electron chi connectivity index (χ0n) is 13.4. The van der Waals surface area contributed by atoms with Crippen molar-refractivity contribution in [2.45, 2.75) is 6.92 Å². The van der Waals surface area contributed by atoms with Crippen molar-refractivity contribution in [3.05, 3.63) is 70.3 Å². The fourth-order valence-electron chi connectivity index (χ4n) is 2.63. The van der Waals surface area contributed by atoms with Crippen LogP contribution in [0, 0.1) is 6.92 Å². The number of hydrogen-bond acceptors (Lipinski definition) is 5. The Morgan fingerprint density at radius 1 is 1.24 bits per heavy atom. The number of primary amides is 1. The molecule has 0 radical (unpaired) electrons. The number of carbonyl (C=O) groups excluding carboxylic acids is 1. The lowest BCUT2D eigenvalue weighted by Crippen LogP contribution is -2.26. The number of aromatic nitrogens is 2. The zero-order valence-corrected chi connectivity index (χ0v) is 13.4. The summed E-state index contributed by atoms with van der Waals surface area (Å²) in [5.41, 5.74) is 12.2. The van der Waals surface area contributed by atoms with Gasteiger partial charge >= 0.3 is 0 Å². The van der Waals surface area contributed by atoms with E-state index < -0.39 is 11.5 Å². The first kappa shape index (κ1) is 16.3. The fraction of sp³-hybridized carbons (Fsp3) is 0.0556. The smallest absolute Gasteiger partial charge is 0.266 e. The van der Waals surface area contributed by atoms with E-state index in [-0.39, 0.29) is 22.6 Å². The van der Waals surface area contributed by atoms with E-state index in [4.69, 9.17) is 11.5 Å². The van der Waals surface area contributed by atoms with Crippen molar-refractivity contribution in [1.29, 1.82) is 0 Å². The summed E-state index contributed by atoms with van der Waals surface area (Å²) < 4.78 is 1.22. The zero-order chi connectivity index (χ0) is 18.1. The standard InChI is InChI=1S/C18H16N4O3/c1-10-5-6-11(23)8-12(10)15-16(19)13(17(20)24)9-22(18(15)25)14-4-2-3-7-21-14/h2-9,23H,19H2,1H3,(H2,20,24). The molecule has 0 aliphatic carbocycles. The van der Waals surface area contributed by atoms with Gasteiger partial charge in [-0.25, -0.2) is 4.98 Å². The average molecular weight is 336 g/mol. The molecule has 3 rings (SSSR count). The summed E-state index contributed by atoms with van der Waals surface area (Å²) in [6.07, 6.45) is 2.81. The molecular formula is C18H16N4O3. The van der Waals surface area contributed by atoms with Gasteiger partial charge in [0.25, 0.3) is 11.5 Å². The van der Waals surface area contributed by atoms with Crippen molar-refractivity contribution in [2.24, 2.45) is 5.73 Å². The maximum absolute atomic E-state index is 13.0. The maximum Gasteiger partial charge on any atom is 0.266 e. The first-order valence-corrected chi connectivity index (χ1v) is 7.46. The summed E-state index contributed by atoms with van der Waals surface area (Å²) in [4.78, 5) is 29.0. The van der Waals surface area contributed by atoms with Crippen LogP contribution in [0.1, 0.15) is 15.9 Å². The Balaban J connectivity index is 2.43. The number of nitrogen functional groups attached to an aromatic ring is 1. The van der Waals surface area contributed by atoms with Crippen molar-refractivity contribution >= 4 is 11.6 Å². The molecule has 0 unspecified atom stereocenters. The molecule has 126 valence electrons. The van der Waals surface area contributed by atoms with Crippen molar-refractivity contribution in [1.82, 2.24) is 9.55 Å². The molecule has 25 heavy (non-hydrogen) atoms. The molecule has 0 aliphatic rings. The van der Waals surface area contributed by atoms with Gasteiger partial charge in [-0.15, -0.1) is 0 Å². The number of phenols is 1. The van der Waals surface area contributed by atoms with E-state index in [1.807, 2.05) is 0 Å². The Kier molecular flexibility index (Phi) is 3.98. The molecule has 1 aromatic carbocycles. The van der Waals surface area contributed by atoms with E-state index in [0.717, 1.165) is 5.56 Å². The van der Waals surface area contributed by atoms with Crippen LogP contribution in [0.2, 0.25) is 0 Å². The largest absolute Gasteiger partial charge is 0.508 e. The number of carbonyl (C=O) groups is 1. The number of rotatable bonds is 3. The lowest BCUT2D eigenvalue weighted by Gasteiger charge is -2.15. The molecule has 2 heterocycles. The summed E-state index contributed by atoms with van der Waals surface area (Å²) in [7, 11) is 0. The summed E-state index contributed by atoms with van der Waals surface area (Å²) >= 11 is 0. The SMILES string of the molecule is Cc1ccc(O)cc1-c1c(N)c(C(N)=O)cn(-c2ccccn2)c1=O. The van der Waals surface area contributed by atoms with Crippen LogP contribution in [0.25, 0.3) is 16.9 Å². The number of amides is 1. The molecule has 0 aliphatic heterocycles. The number of hydrogen-bond donors (Lipinski definition) is 3.